The van der Waals surface area contributed by atoms with Gasteiger partial charge >= 0.3 is 5.97 Å². The SMILES string of the molecule is CCOc1c(N[C@@H](Cc2ccc(Nc3nc(C)cc4ccncc34)cc2)C(=O)O)c(=O)c1=O. The molecule has 0 amide bonds. The molecule has 0 unspecified atom stereocenters. The quantitative estimate of drug-likeness (QED) is 0.332. The number of rotatable bonds is 9. The fourth-order valence-corrected chi connectivity index (χ4v) is 3.57. The fourth-order valence-electron chi connectivity index (χ4n) is 3.57. The second kappa shape index (κ2) is 9.07. The Morgan fingerprint density at radius 3 is 2.61 bits per heavy atom. The van der Waals surface area contributed by atoms with Gasteiger partial charge in [-0.1, -0.05) is 12.1 Å². The molecule has 9 nitrogen and oxygen atoms in total. The van der Waals surface area contributed by atoms with Gasteiger partial charge in [-0.15, -0.1) is 0 Å². The summed E-state index contributed by atoms with van der Waals surface area (Å²) in [5.74, 6) is -0.573. The Bertz CT molecular complexity index is 1390. The number of pyridine rings is 2. The van der Waals surface area contributed by atoms with Gasteiger partial charge in [0.15, 0.2) is 5.75 Å². The van der Waals surface area contributed by atoms with Crippen molar-refractivity contribution in [1.29, 1.82) is 0 Å². The molecule has 168 valence electrons. The lowest BCUT2D eigenvalue weighted by Crippen LogP contribution is -2.41. The molecular weight excluding hydrogens is 424 g/mol. The Kier molecular flexibility index (Phi) is 6.03. The first-order chi connectivity index (χ1) is 15.9. The van der Waals surface area contributed by atoms with Crippen molar-refractivity contribution in [3.63, 3.8) is 0 Å². The Balaban J connectivity index is 1.50. The number of hydrogen-bond donors (Lipinski definition) is 3. The standard InChI is InChI=1S/C24H22N4O5/c1-3-33-22-19(20(29)21(22)30)28-18(24(31)32)11-14-4-6-16(7-5-14)27-23-17-12-25-9-8-15(17)10-13(2)26-23/h4-10,12,18,28H,3,11H2,1-2H3,(H,26,27)(H,31,32)/t18-/m0/s1. The Hall–Kier alpha value is -4.27. The number of nitrogens with one attached hydrogen (secondary N) is 2. The molecular formula is C24H22N4O5. The van der Waals surface area contributed by atoms with E-state index in [0.717, 1.165) is 27.7 Å². The molecule has 4 aromatic rings. The number of aromatic nitrogens is 2. The van der Waals surface area contributed by atoms with Crippen LogP contribution >= 0.6 is 0 Å². The lowest BCUT2D eigenvalue weighted by Gasteiger charge is -2.19. The van der Waals surface area contributed by atoms with Gasteiger partial charge in [0.1, 0.15) is 17.5 Å². The lowest BCUT2D eigenvalue weighted by atomic mass is 10.0. The van der Waals surface area contributed by atoms with Gasteiger partial charge in [-0.05, 0) is 49.1 Å². The van der Waals surface area contributed by atoms with Crippen molar-refractivity contribution >= 4 is 33.9 Å². The number of fused-ring (bicyclic) bond motifs is 1. The third-order valence-corrected chi connectivity index (χ3v) is 5.19. The predicted molar refractivity (Wildman–Crippen MR) is 125 cm³/mol. The maximum absolute atomic E-state index is 11.8. The number of aryl methyl sites for hydroxylation is 1. The smallest absolute Gasteiger partial charge is 0.326 e. The van der Waals surface area contributed by atoms with E-state index in [1.54, 1.807) is 31.5 Å². The van der Waals surface area contributed by atoms with Gasteiger partial charge in [-0.2, -0.15) is 0 Å². The van der Waals surface area contributed by atoms with Crippen LogP contribution in [0, 0.1) is 6.92 Å². The normalized spacial score (nSPS) is 11.9. The average molecular weight is 446 g/mol. The van der Waals surface area contributed by atoms with E-state index < -0.39 is 22.9 Å². The first kappa shape index (κ1) is 21.9. The highest BCUT2D eigenvalue weighted by Gasteiger charge is 2.27. The van der Waals surface area contributed by atoms with Gasteiger partial charge in [0.2, 0.25) is 0 Å². The average Bonchev–Trinajstić information content (AvgIpc) is 2.81. The molecule has 1 atom stereocenters. The molecule has 0 saturated carbocycles. The van der Waals surface area contributed by atoms with Gasteiger partial charge in [0.25, 0.3) is 10.9 Å². The number of hydrogen-bond acceptors (Lipinski definition) is 8. The van der Waals surface area contributed by atoms with E-state index in [-0.39, 0.29) is 24.5 Å². The fraction of sp³-hybridized carbons (Fsp3) is 0.208. The molecule has 9 heteroatoms. The monoisotopic (exact) mass is 446 g/mol. The molecule has 2 aromatic carbocycles. The molecule has 33 heavy (non-hydrogen) atoms. The van der Waals surface area contributed by atoms with Crippen LogP contribution in [0.4, 0.5) is 17.2 Å². The largest absolute Gasteiger partial charge is 0.488 e. The topological polar surface area (TPSA) is 131 Å². The van der Waals surface area contributed by atoms with Crippen molar-refractivity contribution < 1.29 is 14.6 Å². The summed E-state index contributed by atoms with van der Waals surface area (Å²) in [5, 5.41) is 17.4. The van der Waals surface area contributed by atoms with E-state index in [9.17, 15) is 19.5 Å². The molecule has 0 aliphatic carbocycles. The summed E-state index contributed by atoms with van der Waals surface area (Å²) in [4.78, 5) is 43.9. The molecule has 0 saturated heterocycles. The highest BCUT2D eigenvalue weighted by atomic mass is 16.5. The van der Waals surface area contributed by atoms with Crippen molar-refractivity contribution in [3.05, 3.63) is 80.5 Å². The first-order valence-corrected chi connectivity index (χ1v) is 10.4. The van der Waals surface area contributed by atoms with Crippen LogP contribution in [0.25, 0.3) is 10.8 Å². The number of carbonyl (C=O) groups is 1. The molecule has 0 aliphatic heterocycles. The number of benzene rings is 1. The summed E-state index contributed by atoms with van der Waals surface area (Å²) in [7, 11) is 0. The summed E-state index contributed by atoms with van der Waals surface area (Å²) in [6, 6.07) is 10.0. The number of ether oxygens (including phenoxy) is 1. The maximum atomic E-state index is 11.8. The molecule has 0 aliphatic rings. The van der Waals surface area contributed by atoms with Gasteiger partial charge < -0.3 is 20.5 Å². The number of carboxylic acids is 1. The van der Waals surface area contributed by atoms with Crippen LogP contribution in [0.3, 0.4) is 0 Å². The second-order valence-electron chi connectivity index (χ2n) is 7.57. The second-order valence-corrected chi connectivity index (χ2v) is 7.57. The molecule has 0 radical (unpaired) electrons. The highest BCUT2D eigenvalue weighted by Crippen LogP contribution is 2.25. The van der Waals surface area contributed by atoms with Crippen LogP contribution in [-0.4, -0.2) is 33.7 Å². The van der Waals surface area contributed by atoms with Crippen LogP contribution in [-0.2, 0) is 11.2 Å². The Morgan fingerprint density at radius 1 is 1.15 bits per heavy atom. The van der Waals surface area contributed by atoms with Gasteiger partial charge in [0.05, 0.1) is 6.61 Å². The van der Waals surface area contributed by atoms with Crippen LogP contribution < -0.4 is 26.2 Å². The molecule has 4 rings (SSSR count). The third kappa shape index (κ3) is 4.52. The van der Waals surface area contributed by atoms with E-state index in [0.29, 0.717) is 5.82 Å². The zero-order valence-electron chi connectivity index (χ0n) is 18.1. The molecule has 2 aromatic heterocycles. The molecule has 3 N–H and O–H groups in total. The first-order valence-electron chi connectivity index (χ1n) is 10.4. The van der Waals surface area contributed by atoms with Crippen LogP contribution in [0.2, 0.25) is 0 Å². The summed E-state index contributed by atoms with van der Waals surface area (Å²) in [6.45, 7) is 3.80. The van der Waals surface area contributed by atoms with Gasteiger partial charge in [0, 0.05) is 35.6 Å². The maximum Gasteiger partial charge on any atom is 0.326 e. The number of aliphatic carboxylic acids is 1. The van der Waals surface area contributed by atoms with Gasteiger partial charge in [-0.3, -0.25) is 14.6 Å². The van der Waals surface area contributed by atoms with Gasteiger partial charge in [-0.25, -0.2) is 9.78 Å². The predicted octanol–water partition coefficient (Wildman–Crippen LogP) is 2.78. The summed E-state index contributed by atoms with van der Waals surface area (Å²) < 4.78 is 5.15. The molecule has 0 bridgehead atoms. The van der Waals surface area contributed by atoms with Crippen LogP contribution in [0.15, 0.2) is 58.4 Å². The number of anilines is 3. The van der Waals surface area contributed by atoms with E-state index in [2.05, 4.69) is 20.6 Å². The molecule has 2 heterocycles. The number of carboxylic acid groups (broad SMARTS) is 1. The molecule has 0 spiro atoms. The van der Waals surface area contributed by atoms with Crippen molar-refractivity contribution in [1.82, 2.24) is 9.97 Å². The van der Waals surface area contributed by atoms with E-state index in [4.69, 9.17) is 4.74 Å². The Labute approximate surface area is 188 Å². The highest BCUT2D eigenvalue weighted by molar-refractivity contribution is 5.92. The summed E-state index contributed by atoms with van der Waals surface area (Å²) in [5.41, 5.74) is 0.790. The van der Waals surface area contributed by atoms with Crippen molar-refractivity contribution in [2.24, 2.45) is 0 Å². The van der Waals surface area contributed by atoms with Crippen LogP contribution in [0.5, 0.6) is 5.75 Å². The van der Waals surface area contributed by atoms with E-state index in [1.807, 2.05) is 31.2 Å². The van der Waals surface area contributed by atoms with Crippen molar-refractivity contribution in [2.45, 2.75) is 26.3 Å². The third-order valence-electron chi connectivity index (χ3n) is 5.19. The van der Waals surface area contributed by atoms with Crippen LogP contribution in [0.1, 0.15) is 18.2 Å². The van der Waals surface area contributed by atoms with Crippen molar-refractivity contribution in [3.8, 4) is 5.75 Å². The summed E-state index contributed by atoms with van der Waals surface area (Å²) >= 11 is 0. The number of nitrogens with zero attached hydrogens (tertiary/aromatic N) is 2. The minimum Gasteiger partial charge on any atom is -0.488 e. The zero-order chi connectivity index (χ0) is 23.5. The van der Waals surface area contributed by atoms with Crippen molar-refractivity contribution in [2.75, 3.05) is 17.2 Å². The molecule has 0 fully saturated rings. The minimum absolute atomic E-state index is 0.0847. The minimum atomic E-state index is -1.14. The van der Waals surface area contributed by atoms with E-state index in [1.165, 1.54) is 0 Å². The zero-order valence-corrected chi connectivity index (χ0v) is 18.1. The Morgan fingerprint density at radius 2 is 1.91 bits per heavy atom. The van der Waals surface area contributed by atoms with E-state index >= 15 is 0 Å². The lowest BCUT2D eigenvalue weighted by molar-refractivity contribution is -0.137. The summed E-state index contributed by atoms with van der Waals surface area (Å²) in [6.07, 6.45) is 3.59.